The Labute approximate surface area is 131 Å². The van der Waals surface area contributed by atoms with Gasteiger partial charge >= 0.3 is 5.97 Å². The Morgan fingerprint density at radius 3 is 2.85 bits per heavy atom. The Morgan fingerprint density at radius 1 is 1.30 bits per heavy atom. The fourth-order valence-electron chi connectivity index (χ4n) is 1.74. The second kappa shape index (κ2) is 7.75. The summed E-state index contributed by atoms with van der Waals surface area (Å²) < 4.78 is 5.59. The summed E-state index contributed by atoms with van der Waals surface area (Å²) in [5, 5.41) is 8.90. The molecule has 0 aliphatic rings. The number of aryl methyl sites for hydroxylation is 1. The average Bonchev–Trinajstić information content (AvgIpc) is 3.04. The van der Waals surface area contributed by atoms with Gasteiger partial charge in [0.2, 0.25) is 0 Å². The van der Waals surface area contributed by atoms with Crippen LogP contribution in [0.3, 0.4) is 0 Å². The predicted octanol–water partition coefficient (Wildman–Crippen LogP) is 3.83. The van der Waals surface area contributed by atoms with Crippen LogP contribution in [0, 0.1) is 0 Å². The van der Waals surface area contributed by atoms with Gasteiger partial charge in [0, 0.05) is 11.3 Å². The third-order valence-electron chi connectivity index (χ3n) is 2.65. The zero-order valence-electron chi connectivity index (χ0n) is 11.2. The molecule has 20 heavy (non-hydrogen) atoms. The summed E-state index contributed by atoms with van der Waals surface area (Å²) in [6.45, 7) is 2.29. The topological polar surface area (TPSA) is 52.1 Å². The number of carbonyl (C=O) groups is 1. The molecule has 0 unspecified atom stereocenters. The van der Waals surface area contributed by atoms with Crippen molar-refractivity contribution in [2.75, 3.05) is 6.61 Å². The molecule has 2 aromatic heterocycles. The third-order valence-corrected chi connectivity index (χ3v) is 5.05. The van der Waals surface area contributed by atoms with Crippen molar-refractivity contribution in [3.8, 4) is 9.88 Å². The SMILES string of the molecule is CCOC(=O)CCCCc1ccc(-c2nnc(S)s2)s1. The molecule has 7 heteroatoms. The van der Waals surface area contributed by atoms with Crippen molar-refractivity contribution >= 4 is 41.3 Å². The minimum absolute atomic E-state index is 0.102. The summed E-state index contributed by atoms with van der Waals surface area (Å²) in [4.78, 5) is 13.6. The molecule has 2 aromatic rings. The first-order valence-electron chi connectivity index (χ1n) is 6.46. The first kappa shape index (κ1) is 15.5. The number of thiophene rings is 1. The first-order valence-corrected chi connectivity index (χ1v) is 8.54. The van der Waals surface area contributed by atoms with Gasteiger partial charge < -0.3 is 4.74 Å². The van der Waals surface area contributed by atoms with Crippen molar-refractivity contribution < 1.29 is 9.53 Å². The van der Waals surface area contributed by atoms with E-state index in [0.29, 0.717) is 17.4 Å². The summed E-state index contributed by atoms with van der Waals surface area (Å²) in [5.74, 6) is -0.102. The number of esters is 1. The van der Waals surface area contributed by atoms with E-state index < -0.39 is 0 Å². The van der Waals surface area contributed by atoms with Crippen LogP contribution in [0.25, 0.3) is 9.88 Å². The van der Waals surface area contributed by atoms with Gasteiger partial charge in [-0.2, -0.15) is 0 Å². The number of ether oxygens (including phenoxy) is 1. The van der Waals surface area contributed by atoms with Gasteiger partial charge in [-0.25, -0.2) is 0 Å². The molecule has 0 fully saturated rings. The molecule has 0 aliphatic carbocycles. The minimum atomic E-state index is -0.102. The molecular weight excluding hydrogens is 312 g/mol. The summed E-state index contributed by atoms with van der Waals surface area (Å²) in [5.41, 5.74) is 0. The molecule has 2 heterocycles. The van der Waals surface area contributed by atoms with Gasteiger partial charge in [0.1, 0.15) is 0 Å². The highest BCUT2D eigenvalue weighted by atomic mass is 32.2. The van der Waals surface area contributed by atoms with Crippen LogP contribution in [0.4, 0.5) is 0 Å². The maximum Gasteiger partial charge on any atom is 0.305 e. The second-order valence-corrected chi connectivity index (χ2v) is 7.04. The molecular formula is C13H16N2O2S3. The summed E-state index contributed by atoms with van der Waals surface area (Å²) in [6, 6.07) is 4.18. The monoisotopic (exact) mass is 328 g/mol. The normalized spacial score (nSPS) is 10.7. The molecule has 0 amide bonds. The molecule has 0 spiro atoms. The number of hydrogen-bond acceptors (Lipinski definition) is 7. The zero-order valence-corrected chi connectivity index (χ0v) is 13.7. The van der Waals surface area contributed by atoms with Crippen molar-refractivity contribution in [3.05, 3.63) is 17.0 Å². The lowest BCUT2D eigenvalue weighted by Crippen LogP contribution is -2.03. The van der Waals surface area contributed by atoms with E-state index in [-0.39, 0.29) is 5.97 Å². The molecule has 0 atom stereocenters. The maximum absolute atomic E-state index is 11.2. The Morgan fingerprint density at radius 2 is 2.15 bits per heavy atom. The lowest BCUT2D eigenvalue weighted by molar-refractivity contribution is -0.143. The van der Waals surface area contributed by atoms with Crippen molar-refractivity contribution in [1.29, 1.82) is 0 Å². The van der Waals surface area contributed by atoms with Gasteiger partial charge in [-0.1, -0.05) is 11.3 Å². The van der Waals surface area contributed by atoms with Gasteiger partial charge in [-0.05, 0) is 38.3 Å². The van der Waals surface area contributed by atoms with Crippen molar-refractivity contribution in [2.24, 2.45) is 0 Å². The van der Waals surface area contributed by atoms with E-state index in [1.165, 1.54) is 16.2 Å². The number of unbranched alkanes of at least 4 members (excludes halogenated alkanes) is 1. The first-order chi connectivity index (χ1) is 9.69. The molecule has 0 saturated heterocycles. The van der Waals surface area contributed by atoms with E-state index in [9.17, 15) is 4.79 Å². The van der Waals surface area contributed by atoms with Crippen LogP contribution < -0.4 is 0 Å². The van der Waals surface area contributed by atoms with Crippen molar-refractivity contribution in [3.63, 3.8) is 0 Å². The Balaban J connectivity index is 1.77. The van der Waals surface area contributed by atoms with Crippen molar-refractivity contribution in [2.45, 2.75) is 36.9 Å². The van der Waals surface area contributed by atoms with Crippen LogP contribution in [0.1, 0.15) is 31.1 Å². The zero-order chi connectivity index (χ0) is 14.4. The van der Waals surface area contributed by atoms with Gasteiger partial charge in [-0.3, -0.25) is 4.79 Å². The van der Waals surface area contributed by atoms with Gasteiger partial charge in [-0.15, -0.1) is 34.2 Å². The molecule has 108 valence electrons. The van der Waals surface area contributed by atoms with Crippen LogP contribution >= 0.6 is 35.3 Å². The van der Waals surface area contributed by atoms with Crippen molar-refractivity contribution in [1.82, 2.24) is 10.2 Å². The fraction of sp³-hybridized carbons (Fsp3) is 0.462. The molecule has 0 aliphatic heterocycles. The van der Waals surface area contributed by atoms with Crippen LogP contribution in [0.5, 0.6) is 0 Å². The largest absolute Gasteiger partial charge is 0.466 e. The van der Waals surface area contributed by atoms with E-state index in [4.69, 9.17) is 4.74 Å². The van der Waals surface area contributed by atoms with Crippen LogP contribution in [0.15, 0.2) is 16.5 Å². The van der Waals surface area contributed by atoms with Crippen LogP contribution in [-0.2, 0) is 16.0 Å². The lowest BCUT2D eigenvalue weighted by atomic mass is 10.2. The van der Waals surface area contributed by atoms with E-state index in [2.05, 4.69) is 35.0 Å². The predicted molar refractivity (Wildman–Crippen MR) is 84.7 cm³/mol. The number of hydrogen-bond donors (Lipinski definition) is 1. The maximum atomic E-state index is 11.2. The van der Waals surface area contributed by atoms with E-state index in [1.54, 1.807) is 11.3 Å². The van der Waals surface area contributed by atoms with Crippen LogP contribution in [-0.4, -0.2) is 22.8 Å². The van der Waals surface area contributed by atoms with E-state index in [1.807, 2.05) is 6.92 Å². The standard InChI is InChI=1S/C13H16N2O2S3/c1-2-17-11(16)6-4-3-5-9-7-8-10(19-9)12-14-15-13(18)20-12/h7-8H,2-6H2,1H3,(H,15,18). The highest BCUT2D eigenvalue weighted by Gasteiger charge is 2.08. The molecule has 2 rings (SSSR count). The molecule has 0 aromatic carbocycles. The van der Waals surface area contributed by atoms with E-state index >= 15 is 0 Å². The highest BCUT2D eigenvalue weighted by molar-refractivity contribution is 7.82. The third kappa shape index (κ3) is 4.57. The lowest BCUT2D eigenvalue weighted by Gasteiger charge is -2.00. The Hall–Kier alpha value is -0.920. The average molecular weight is 328 g/mol. The molecule has 0 bridgehead atoms. The summed E-state index contributed by atoms with van der Waals surface area (Å²) in [6.07, 6.45) is 3.35. The number of rotatable bonds is 7. The minimum Gasteiger partial charge on any atom is -0.466 e. The molecule has 0 radical (unpaired) electrons. The fourth-order valence-corrected chi connectivity index (χ4v) is 3.73. The summed E-state index contributed by atoms with van der Waals surface area (Å²) >= 11 is 7.38. The number of nitrogens with zero attached hydrogens (tertiary/aromatic N) is 2. The molecule has 4 nitrogen and oxygen atoms in total. The molecule has 0 saturated carbocycles. The summed E-state index contributed by atoms with van der Waals surface area (Å²) in [7, 11) is 0. The van der Waals surface area contributed by atoms with Gasteiger partial charge in [0.05, 0.1) is 11.5 Å². The highest BCUT2D eigenvalue weighted by Crippen LogP contribution is 2.31. The van der Waals surface area contributed by atoms with Gasteiger partial charge in [0.25, 0.3) is 0 Å². The van der Waals surface area contributed by atoms with E-state index in [0.717, 1.165) is 29.1 Å². The quantitative estimate of drug-likeness (QED) is 0.477. The Bertz CT molecular complexity index is 565. The second-order valence-electron chi connectivity index (χ2n) is 4.17. The Kier molecular flexibility index (Phi) is 6.00. The number of carbonyl (C=O) groups excluding carboxylic acids is 1. The number of thiol groups is 1. The number of aromatic nitrogens is 2. The van der Waals surface area contributed by atoms with Crippen LogP contribution in [0.2, 0.25) is 0 Å². The smallest absolute Gasteiger partial charge is 0.305 e. The molecule has 0 N–H and O–H groups in total. The van der Waals surface area contributed by atoms with Gasteiger partial charge in [0.15, 0.2) is 9.35 Å².